The third kappa shape index (κ3) is 4.45. The highest BCUT2D eigenvalue weighted by Crippen LogP contribution is 2.26. The van der Waals surface area contributed by atoms with Crippen molar-refractivity contribution in [2.24, 2.45) is 5.92 Å². The van der Waals surface area contributed by atoms with Gasteiger partial charge in [-0.25, -0.2) is 0 Å². The first-order valence-corrected chi connectivity index (χ1v) is 8.08. The fourth-order valence-corrected chi connectivity index (χ4v) is 3.49. The molecule has 0 saturated heterocycles. The highest BCUT2D eigenvalue weighted by atomic mass is 16.5. The lowest BCUT2D eigenvalue weighted by molar-refractivity contribution is -0.148. The molecule has 4 nitrogen and oxygen atoms in total. The summed E-state index contributed by atoms with van der Waals surface area (Å²) >= 11 is 0. The van der Waals surface area contributed by atoms with Crippen molar-refractivity contribution in [2.45, 2.75) is 63.5 Å². The predicted molar refractivity (Wildman–Crippen MR) is 80.7 cm³/mol. The van der Waals surface area contributed by atoms with Crippen LogP contribution < -0.4 is 5.32 Å². The van der Waals surface area contributed by atoms with Gasteiger partial charge in [0.1, 0.15) is 5.54 Å². The van der Waals surface area contributed by atoms with E-state index in [1.807, 2.05) is 6.92 Å². The average Bonchev–Trinajstić information content (AvgIpc) is 3.22. The van der Waals surface area contributed by atoms with E-state index in [1.54, 1.807) is 0 Å². The maximum absolute atomic E-state index is 12.1. The van der Waals surface area contributed by atoms with Crippen molar-refractivity contribution in [1.29, 1.82) is 0 Å². The lowest BCUT2D eigenvalue weighted by Crippen LogP contribution is -2.58. The number of carbonyl (C=O) groups excluding carboxylic acids is 1. The van der Waals surface area contributed by atoms with E-state index in [0.717, 1.165) is 19.0 Å². The zero-order valence-corrected chi connectivity index (χ0v) is 13.3. The number of hydrogen-bond acceptors (Lipinski definition) is 4. The second kappa shape index (κ2) is 6.90. The first-order valence-electron chi connectivity index (χ1n) is 8.08. The van der Waals surface area contributed by atoms with Crippen molar-refractivity contribution in [3.05, 3.63) is 0 Å². The Labute approximate surface area is 123 Å². The van der Waals surface area contributed by atoms with E-state index in [2.05, 4.69) is 17.3 Å². The molecule has 2 aliphatic carbocycles. The SMILES string of the molecule is COC(=O)C(C)(CN(C)CC1CCCCC1)NC1CC1. The summed E-state index contributed by atoms with van der Waals surface area (Å²) < 4.78 is 5.01. The van der Waals surface area contributed by atoms with Crippen LogP contribution in [0, 0.1) is 5.92 Å². The minimum Gasteiger partial charge on any atom is -0.468 e. The molecule has 0 bridgehead atoms. The van der Waals surface area contributed by atoms with Crippen LogP contribution in [-0.2, 0) is 9.53 Å². The van der Waals surface area contributed by atoms with Gasteiger partial charge < -0.3 is 9.64 Å². The van der Waals surface area contributed by atoms with Crippen LogP contribution in [0.5, 0.6) is 0 Å². The second-order valence-corrected chi connectivity index (χ2v) is 6.94. The first kappa shape index (κ1) is 15.8. The number of likely N-dealkylation sites (N-methyl/N-ethyl adjacent to an activating group) is 1. The molecule has 2 fully saturated rings. The van der Waals surface area contributed by atoms with Gasteiger partial charge in [0.15, 0.2) is 0 Å². The summed E-state index contributed by atoms with van der Waals surface area (Å²) in [6.45, 7) is 3.81. The van der Waals surface area contributed by atoms with Crippen LogP contribution >= 0.6 is 0 Å². The van der Waals surface area contributed by atoms with Crippen LogP contribution in [0.3, 0.4) is 0 Å². The van der Waals surface area contributed by atoms with Crippen molar-refractivity contribution in [1.82, 2.24) is 10.2 Å². The Morgan fingerprint density at radius 3 is 2.45 bits per heavy atom. The number of nitrogens with zero attached hydrogens (tertiary/aromatic N) is 1. The highest BCUT2D eigenvalue weighted by molar-refractivity contribution is 5.80. The summed E-state index contributed by atoms with van der Waals surface area (Å²) in [6, 6.07) is 0.502. The Kier molecular flexibility index (Phi) is 5.44. The molecule has 0 amide bonds. The van der Waals surface area contributed by atoms with E-state index >= 15 is 0 Å². The zero-order chi connectivity index (χ0) is 14.6. The molecule has 1 atom stereocenters. The number of nitrogens with one attached hydrogen (secondary N) is 1. The van der Waals surface area contributed by atoms with Crippen LogP contribution in [0.4, 0.5) is 0 Å². The molecule has 1 N–H and O–H groups in total. The van der Waals surface area contributed by atoms with Crippen molar-refractivity contribution in [3.63, 3.8) is 0 Å². The summed E-state index contributed by atoms with van der Waals surface area (Å²) in [5.74, 6) is 0.663. The fraction of sp³-hybridized carbons (Fsp3) is 0.938. The smallest absolute Gasteiger partial charge is 0.327 e. The lowest BCUT2D eigenvalue weighted by Gasteiger charge is -2.34. The molecule has 1 unspecified atom stereocenters. The molecule has 0 heterocycles. The summed E-state index contributed by atoms with van der Waals surface area (Å²) in [5.41, 5.74) is -0.570. The molecule has 20 heavy (non-hydrogen) atoms. The zero-order valence-electron chi connectivity index (χ0n) is 13.3. The standard InChI is InChI=1S/C16H30N2O2/c1-16(15(19)20-3,17-14-9-10-14)12-18(2)11-13-7-5-4-6-8-13/h13-14,17H,4-12H2,1-3H3. The third-order valence-corrected chi connectivity index (χ3v) is 4.62. The molecule has 0 aromatic rings. The fourth-order valence-electron chi connectivity index (χ4n) is 3.49. The van der Waals surface area contributed by atoms with Gasteiger partial charge in [-0.2, -0.15) is 0 Å². The Bertz CT molecular complexity index is 324. The normalized spacial score (nSPS) is 23.6. The molecule has 0 aliphatic heterocycles. The van der Waals surface area contributed by atoms with Gasteiger partial charge in [0.05, 0.1) is 7.11 Å². The molecule has 0 spiro atoms. The van der Waals surface area contributed by atoms with E-state index in [0.29, 0.717) is 6.04 Å². The number of rotatable bonds is 7. The Morgan fingerprint density at radius 2 is 1.90 bits per heavy atom. The Hall–Kier alpha value is -0.610. The maximum Gasteiger partial charge on any atom is 0.327 e. The minimum absolute atomic E-state index is 0.139. The molecule has 2 rings (SSSR count). The number of carbonyl (C=O) groups is 1. The van der Waals surface area contributed by atoms with Gasteiger partial charge in [-0.1, -0.05) is 19.3 Å². The van der Waals surface area contributed by atoms with Crippen LogP contribution in [0.25, 0.3) is 0 Å². The van der Waals surface area contributed by atoms with E-state index in [-0.39, 0.29) is 5.97 Å². The van der Waals surface area contributed by atoms with E-state index < -0.39 is 5.54 Å². The Morgan fingerprint density at radius 1 is 1.25 bits per heavy atom. The topological polar surface area (TPSA) is 41.6 Å². The number of esters is 1. The van der Waals surface area contributed by atoms with Gasteiger partial charge >= 0.3 is 5.97 Å². The van der Waals surface area contributed by atoms with Crippen LogP contribution in [-0.4, -0.2) is 49.7 Å². The van der Waals surface area contributed by atoms with E-state index in [1.165, 1.54) is 52.1 Å². The minimum atomic E-state index is -0.570. The second-order valence-electron chi connectivity index (χ2n) is 6.94. The maximum atomic E-state index is 12.1. The monoisotopic (exact) mass is 282 g/mol. The van der Waals surface area contributed by atoms with Crippen molar-refractivity contribution in [2.75, 3.05) is 27.2 Å². The molecule has 2 aliphatic rings. The summed E-state index contributed by atoms with van der Waals surface area (Å²) in [7, 11) is 3.61. The van der Waals surface area contributed by atoms with E-state index in [9.17, 15) is 4.79 Å². The number of methoxy groups -OCH3 is 1. The highest BCUT2D eigenvalue weighted by Gasteiger charge is 2.40. The van der Waals surface area contributed by atoms with Gasteiger partial charge in [-0.15, -0.1) is 0 Å². The molecule has 4 heteroatoms. The van der Waals surface area contributed by atoms with E-state index in [4.69, 9.17) is 4.74 Å². The van der Waals surface area contributed by atoms with Gasteiger partial charge in [-0.3, -0.25) is 10.1 Å². The van der Waals surface area contributed by atoms with Crippen molar-refractivity contribution >= 4 is 5.97 Å². The van der Waals surface area contributed by atoms with Gasteiger partial charge in [-0.05, 0) is 45.6 Å². The molecular weight excluding hydrogens is 252 g/mol. The molecule has 0 aromatic carbocycles. The molecule has 0 aromatic heterocycles. The molecular formula is C16H30N2O2. The van der Waals surface area contributed by atoms with Gasteiger partial charge in [0.25, 0.3) is 0 Å². The van der Waals surface area contributed by atoms with Crippen LogP contribution in [0.15, 0.2) is 0 Å². The van der Waals surface area contributed by atoms with Crippen molar-refractivity contribution in [3.8, 4) is 0 Å². The quantitative estimate of drug-likeness (QED) is 0.727. The Balaban J connectivity index is 1.86. The average molecular weight is 282 g/mol. The van der Waals surface area contributed by atoms with Crippen LogP contribution in [0.2, 0.25) is 0 Å². The largest absolute Gasteiger partial charge is 0.468 e. The number of ether oxygens (including phenoxy) is 1. The summed E-state index contributed by atoms with van der Waals surface area (Å²) in [4.78, 5) is 14.4. The number of hydrogen-bond donors (Lipinski definition) is 1. The molecule has 0 radical (unpaired) electrons. The summed E-state index contributed by atoms with van der Waals surface area (Å²) in [5, 5.41) is 3.47. The van der Waals surface area contributed by atoms with Gasteiger partial charge in [0, 0.05) is 19.1 Å². The van der Waals surface area contributed by atoms with Crippen LogP contribution in [0.1, 0.15) is 51.9 Å². The lowest BCUT2D eigenvalue weighted by atomic mass is 9.88. The molecule has 116 valence electrons. The van der Waals surface area contributed by atoms with Gasteiger partial charge in [0.2, 0.25) is 0 Å². The predicted octanol–water partition coefficient (Wildman–Crippen LogP) is 2.18. The third-order valence-electron chi connectivity index (χ3n) is 4.62. The van der Waals surface area contributed by atoms with Crippen molar-refractivity contribution < 1.29 is 9.53 Å². The molecule has 2 saturated carbocycles. The summed E-state index contributed by atoms with van der Waals surface area (Å²) in [6.07, 6.45) is 9.17. The first-order chi connectivity index (χ1) is 9.53.